The van der Waals surface area contributed by atoms with Crippen molar-refractivity contribution in [3.63, 3.8) is 0 Å². The van der Waals surface area contributed by atoms with Gasteiger partial charge in [0.25, 0.3) is 0 Å². The molecule has 1 saturated heterocycles. The quantitative estimate of drug-likeness (QED) is 0.729. The molecule has 0 radical (unpaired) electrons. The Kier molecular flexibility index (Phi) is 3.87. The topological polar surface area (TPSA) is 72.4 Å². The van der Waals surface area contributed by atoms with Gasteiger partial charge in [0, 0.05) is 18.5 Å². The van der Waals surface area contributed by atoms with Crippen LogP contribution in [0.3, 0.4) is 0 Å². The lowest BCUT2D eigenvalue weighted by Crippen LogP contribution is -2.24. The van der Waals surface area contributed by atoms with Gasteiger partial charge in [-0.3, -0.25) is 4.79 Å². The van der Waals surface area contributed by atoms with Crippen LogP contribution in [0.1, 0.15) is 35.1 Å². The second kappa shape index (κ2) is 6.20. The van der Waals surface area contributed by atoms with Crippen LogP contribution in [0.5, 0.6) is 0 Å². The summed E-state index contributed by atoms with van der Waals surface area (Å²) in [5.41, 5.74) is 3.34. The molecule has 25 heavy (non-hydrogen) atoms. The van der Waals surface area contributed by atoms with Crippen molar-refractivity contribution in [1.29, 1.82) is 0 Å². The molecule has 1 unspecified atom stereocenters. The Morgan fingerprint density at radius 1 is 1.24 bits per heavy atom. The first kappa shape index (κ1) is 15.6. The van der Waals surface area contributed by atoms with E-state index in [1.54, 1.807) is 11.2 Å². The van der Waals surface area contributed by atoms with Crippen molar-refractivity contribution in [2.45, 2.75) is 32.7 Å². The molecular formula is C19H19N3O3. The molecule has 0 saturated carbocycles. The minimum Gasteiger partial charge on any atom is -0.467 e. The van der Waals surface area contributed by atoms with Crippen molar-refractivity contribution in [2.24, 2.45) is 0 Å². The van der Waals surface area contributed by atoms with Crippen molar-refractivity contribution < 1.29 is 13.7 Å². The van der Waals surface area contributed by atoms with Crippen LogP contribution in [0, 0.1) is 13.8 Å². The van der Waals surface area contributed by atoms with E-state index in [1.807, 2.05) is 30.3 Å². The molecule has 1 amide bonds. The van der Waals surface area contributed by atoms with E-state index < -0.39 is 0 Å². The minimum atomic E-state index is -0.0738. The molecule has 3 heterocycles. The summed E-state index contributed by atoms with van der Waals surface area (Å²) < 4.78 is 10.8. The highest BCUT2D eigenvalue weighted by Gasteiger charge is 2.34. The smallest absolute Gasteiger partial charge is 0.232 e. The Morgan fingerprint density at radius 3 is 2.88 bits per heavy atom. The van der Waals surface area contributed by atoms with Gasteiger partial charge in [-0.2, -0.15) is 4.98 Å². The van der Waals surface area contributed by atoms with Crippen LogP contribution in [-0.2, 0) is 11.3 Å². The molecule has 0 spiro atoms. The summed E-state index contributed by atoms with van der Waals surface area (Å²) in [5.74, 6) is 1.86. The Labute approximate surface area is 145 Å². The lowest BCUT2D eigenvalue weighted by atomic mass is 10.1. The van der Waals surface area contributed by atoms with Crippen LogP contribution in [0.25, 0.3) is 11.4 Å². The zero-order valence-corrected chi connectivity index (χ0v) is 14.2. The predicted octanol–water partition coefficient (Wildman–Crippen LogP) is 3.46. The summed E-state index contributed by atoms with van der Waals surface area (Å²) in [6.07, 6.45) is 2.00. The molecule has 6 heteroatoms. The fourth-order valence-electron chi connectivity index (χ4n) is 3.08. The van der Waals surface area contributed by atoms with Crippen molar-refractivity contribution in [2.75, 3.05) is 6.54 Å². The lowest BCUT2D eigenvalue weighted by Gasteiger charge is -2.13. The normalized spacial score (nSPS) is 17.4. The van der Waals surface area contributed by atoms with Gasteiger partial charge in [0.15, 0.2) is 0 Å². The van der Waals surface area contributed by atoms with E-state index in [1.165, 1.54) is 11.1 Å². The van der Waals surface area contributed by atoms with Crippen LogP contribution < -0.4 is 0 Å². The van der Waals surface area contributed by atoms with Crippen molar-refractivity contribution in [3.8, 4) is 11.4 Å². The van der Waals surface area contributed by atoms with Gasteiger partial charge < -0.3 is 13.8 Å². The van der Waals surface area contributed by atoms with Crippen LogP contribution in [0.4, 0.5) is 0 Å². The van der Waals surface area contributed by atoms with Crippen LogP contribution in [0.15, 0.2) is 45.5 Å². The summed E-state index contributed by atoms with van der Waals surface area (Å²) in [7, 11) is 0. The number of benzene rings is 1. The molecule has 6 nitrogen and oxygen atoms in total. The van der Waals surface area contributed by atoms with Gasteiger partial charge in [0.2, 0.25) is 17.6 Å². The molecule has 1 aliphatic heterocycles. The number of rotatable bonds is 4. The molecule has 3 aromatic rings. The van der Waals surface area contributed by atoms with Crippen LogP contribution >= 0.6 is 0 Å². The maximum Gasteiger partial charge on any atom is 0.232 e. The maximum atomic E-state index is 12.2. The third kappa shape index (κ3) is 3.07. The van der Waals surface area contributed by atoms with E-state index in [9.17, 15) is 4.79 Å². The first-order chi connectivity index (χ1) is 12.1. The number of aromatic nitrogens is 2. The average Bonchev–Trinajstić information content (AvgIpc) is 3.32. The molecule has 1 aliphatic rings. The predicted molar refractivity (Wildman–Crippen MR) is 90.7 cm³/mol. The summed E-state index contributed by atoms with van der Waals surface area (Å²) in [4.78, 5) is 18.5. The molecule has 0 aliphatic carbocycles. The molecule has 4 rings (SSSR count). The molecular weight excluding hydrogens is 318 g/mol. The summed E-state index contributed by atoms with van der Waals surface area (Å²) in [6, 6.07) is 9.77. The van der Waals surface area contributed by atoms with Crippen molar-refractivity contribution >= 4 is 5.91 Å². The van der Waals surface area contributed by atoms with Gasteiger partial charge in [0.1, 0.15) is 5.76 Å². The van der Waals surface area contributed by atoms with E-state index in [0.29, 0.717) is 31.2 Å². The van der Waals surface area contributed by atoms with E-state index in [4.69, 9.17) is 8.94 Å². The zero-order valence-electron chi connectivity index (χ0n) is 14.2. The Balaban J connectivity index is 1.50. The van der Waals surface area contributed by atoms with Gasteiger partial charge >= 0.3 is 0 Å². The number of hydrogen-bond acceptors (Lipinski definition) is 5. The lowest BCUT2D eigenvalue weighted by molar-refractivity contribution is -0.128. The summed E-state index contributed by atoms with van der Waals surface area (Å²) in [6.45, 7) is 5.16. The number of likely N-dealkylation sites (tertiary alicyclic amines) is 1. The van der Waals surface area contributed by atoms with Gasteiger partial charge in [0.05, 0.1) is 18.7 Å². The number of amides is 1. The summed E-state index contributed by atoms with van der Waals surface area (Å²) in [5, 5.41) is 4.09. The van der Waals surface area contributed by atoms with Gasteiger partial charge in [-0.1, -0.05) is 17.3 Å². The van der Waals surface area contributed by atoms with Gasteiger partial charge in [-0.15, -0.1) is 0 Å². The monoisotopic (exact) mass is 337 g/mol. The third-order valence-corrected chi connectivity index (χ3v) is 4.70. The Hall–Kier alpha value is -2.89. The number of furan rings is 1. The number of aryl methyl sites for hydroxylation is 2. The number of nitrogens with zero attached hydrogens (tertiary/aromatic N) is 3. The highest BCUT2D eigenvalue weighted by molar-refractivity contribution is 5.79. The van der Waals surface area contributed by atoms with Crippen LogP contribution in [0.2, 0.25) is 0 Å². The van der Waals surface area contributed by atoms with Crippen LogP contribution in [-0.4, -0.2) is 27.5 Å². The minimum absolute atomic E-state index is 0.0738. The maximum absolute atomic E-state index is 12.2. The van der Waals surface area contributed by atoms with E-state index >= 15 is 0 Å². The fraction of sp³-hybridized carbons (Fsp3) is 0.316. The van der Waals surface area contributed by atoms with E-state index in [2.05, 4.69) is 24.0 Å². The third-order valence-electron chi connectivity index (χ3n) is 4.70. The number of carbonyl (C=O) groups excluding carboxylic acids is 1. The Bertz CT molecular complexity index is 899. The number of hydrogen-bond donors (Lipinski definition) is 0. The highest BCUT2D eigenvalue weighted by Crippen LogP contribution is 2.30. The highest BCUT2D eigenvalue weighted by atomic mass is 16.5. The second-order valence-electron chi connectivity index (χ2n) is 6.51. The Morgan fingerprint density at radius 2 is 2.12 bits per heavy atom. The summed E-state index contributed by atoms with van der Waals surface area (Å²) >= 11 is 0. The average molecular weight is 337 g/mol. The zero-order chi connectivity index (χ0) is 17.4. The molecule has 1 aromatic carbocycles. The second-order valence-corrected chi connectivity index (χ2v) is 6.51. The fourth-order valence-corrected chi connectivity index (χ4v) is 3.08. The SMILES string of the molecule is Cc1ccc(-c2noc(C3CC(=O)N(Cc4ccco4)C3)n2)cc1C. The van der Waals surface area contributed by atoms with Crippen molar-refractivity contribution in [3.05, 3.63) is 59.4 Å². The van der Waals surface area contributed by atoms with Gasteiger partial charge in [-0.25, -0.2) is 0 Å². The standard InChI is InChI=1S/C19H19N3O3/c1-12-5-6-14(8-13(12)2)18-20-19(25-21-18)15-9-17(23)22(10-15)11-16-4-3-7-24-16/h3-8,15H,9-11H2,1-2H3. The number of carbonyl (C=O) groups is 1. The van der Waals surface area contributed by atoms with E-state index in [0.717, 1.165) is 11.3 Å². The molecule has 2 aromatic heterocycles. The molecule has 128 valence electrons. The van der Waals surface area contributed by atoms with Gasteiger partial charge in [-0.05, 0) is 43.2 Å². The first-order valence-electron chi connectivity index (χ1n) is 8.31. The molecule has 1 atom stereocenters. The molecule has 0 bridgehead atoms. The van der Waals surface area contributed by atoms with Crippen molar-refractivity contribution in [1.82, 2.24) is 15.0 Å². The first-order valence-corrected chi connectivity index (χ1v) is 8.31. The van der Waals surface area contributed by atoms with E-state index in [-0.39, 0.29) is 11.8 Å². The molecule has 0 N–H and O–H groups in total. The largest absolute Gasteiger partial charge is 0.467 e. The molecule has 1 fully saturated rings.